The second kappa shape index (κ2) is 6.52. The Morgan fingerprint density at radius 3 is 2.13 bits per heavy atom. The minimum Gasteiger partial charge on any atom is -0.314 e. The molecule has 0 spiro atoms. The average molecular weight is 211 g/mol. The Bertz CT molecular complexity index is 165. The highest BCUT2D eigenvalue weighted by Crippen LogP contribution is 2.37. The van der Waals surface area contributed by atoms with Gasteiger partial charge < -0.3 is 5.32 Å². The van der Waals surface area contributed by atoms with Gasteiger partial charge in [-0.1, -0.05) is 40.5 Å². The highest BCUT2D eigenvalue weighted by Gasteiger charge is 2.31. The van der Waals surface area contributed by atoms with Gasteiger partial charge in [-0.05, 0) is 43.6 Å². The van der Waals surface area contributed by atoms with Gasteiger partial charge in [-0.25, -0.2) is 0 Å². The highest BCUT2D eigenvalue weighted by molar-refractivity contribution is 4.85. The lowest BCUT2D eigenvalue weighted by Gasteiger charge is -2.39. The summed E-state index contributed by atoms with van der Waals surface area (Å²) in [6.07, 6.45) is 7.12. The Hall–Kier alpha value is -0.0400. The van der Waals surface area contributed by atoms with Gasteiger partial charge in [-0.3, -0.25) is 0 Å². The van der Waals surface area contributed by atoms with Gasteiger partial charge in [0.05, 0.1) is 0 Å². The van der Waals surface area contributed by atoms with E-state index in [0.717, 1.165) is 30.3 Å². The van der Waals surface area contributed by atoms with E-state index in [1.54, 1.807) is 0 Å². The molecule has 0 aromatic rings. The zero-order valence-electron chi connectivity index (χ0n) is 11.1. The van der Waals surface area contributed by atoms with Crippen molar-refractivity contribution in [1.29, 1.82) is 0 Å². The van der Waals surface area contributed by atoms with Crippen LogP contribution in [0.15, 0.2) is 0 Å². The van der Waals surface area contributed by atoms with E-state index in [0.29, 0.717) is 0 Å². The van der Waals surface area contributed by atoms with Crippen LogP contribution in [-0.4, -0.2) is 12.6 Å². The van der Waals surface area contributed by atoms with Crippen molar-refractivity contribution in [3.8, 4) is 0 Å². The monoisotopic (exact) mass is 211 g/mol. The molecule has 15 heavy (non-hydrogen) atoms. The first-order valence-corrected chi connectivity index (χ1v) is 6.94. The fourth-order valence-electron chi connectivity index (χ4n) is 3.38. The number of hydrogen-bond donors (Lipinski definition) is 1. The van der Waals surface area contributed by atoms with E-state index in [1.807, 2.05) is 0 Å². The first-order chi connectivity index (χ1) is 7.20. The summed E-state index contributed by atoms with van der Waals surface area (Å²) < 4.78 is 0. The van der Waals surface area contributed by atoms with Crippen molar-refractivity contribution >= 4 is 0 Å². The van der Waals surface area contributed by atoms with E-state index in [1.165, 1.54) is 32.1 Å². The van der Waals surface area contributed by atoms with Crippen LogP contribution in [-0.2, 0) is 0 Å². The molecule has 1 heteroatoms. The van der Waals surface area contributed by atoms with E-state index in [4.69, 9.17) is 0 Å². The summed E-state index contributed by atoms with van der Waals surface area (Å²) in [5.74, 6) is 2.76. The molecule has 3 unspecified atom stereocenters. The smallest absolute Gasteiger partial charge is 0.00953 e. The maximum Gasteiger partial charge on any atom is 0.00953 e. The molecule has 0 aromatic carbocycles. The van der Waals surface area contributed by atoms with Gasteiger partial charge in [0.15, 0.2) is 0 Å². The molecule has 90 valence electrons. The molecule has 1 saturated carbocycles. The van der Waals surface area contributed by atoms with Crippen LogP contribution in [0.5, 0.6) is 0 Å². The molecule has 0 saturated heterocycles. The molecule has 1 N–H and O–H groups in total. The lowest BCUT2D eigenvalue weighted by atomic mass is 9.70. The Labute approximate surface area is 96.0 Å². The molecule has 1 aliphatic rings. The lowest BCUT2D eigenvalue weighted by Crippen LogP contribution is -2.42. The molecular formula is C14H29N. The molecule has 0 amide bonds. The quantitative estimate of drug-likeness (QED) is 0.728. The maximum absolute atomic E-state index is 3.69. The molecule has 1 rings (SSSR count). The fraction of sp³-hybridized carbons (Fsp3) is 1.00. The van der Waals surface area contributed by atoms with Crippen molar-refractivity contribution in [2.24, 2.45) is 17.8 Å². The number of hydrogen-bond acceptors (Lipinski definition) is 1. The third-order valence-corrected chi connectivity index (χ3v) is 4.15. The second-order valence-electron chi connectivity index (χ2n) is 5.43. The Morgan fingerprint density at radius 1 is 1.07 bits per heavy atom. The first-order valence-electron chi connectivity index (χ1n) is 6.94. The SMILES string of the molecule is CCNC(CC)C1CCCCC1C(C)C. The molecule has 0 radical (unpaired) electrons. The Morgan fingerprint density at radius 2 is 1.67 bits per heavy atom. The Balaban J connectivity index is 2.60. The van der Waals surface area contributed by atoms with E-state index < -0.39 is 0 Å². The standard InChI is InChI=1S/C14H29N/c1-5-14(15-6-2)13-10-8-7-9-12(13)11(3)4/h11-15H,5-10H2,1-4H3. The van der Waals surface area contributed by atoms with Crippen LogP contribution < -0.4 is 5.32 Å². The van der Waals surface area contributed by atoms with Crippen LogP contribution in [0.4, 0.5) is 0 Å². The number of rotatable bonds is 5. The van der Waals surface area contributed by atoms with Crippen molar-refractivity contribution in [1.82, 2.24) is 5.32 Å². The lowest BCUT2D eigenvalue weighted by molar-refractivity contribution is 0.136. The fourth-order valence-corrected chi connectivity index (χ4v) is 3.38. The van der Waals surface area contributed by atoms with Gasteiger partial charge in [0, 0.05) is 6.04 Å². The van der Waals surface area contributed by atoms with Crippen LogP contribution >= 0.6 is 0 Å². The predicted octanol–water partition coefficient (Wildman–Crippen LogP) is 3.84. The summed E-state index contributed by atoms with van der Waals surface area (Å²) in [5.41, 5.74) is 0. The van der Waals surface area contributed by atoms with E-state index in [-0.39, 0.29) is 0 Å². The largest absolute Gasteiger partial charge is 0.314 e. The molecular weight excluding hydrogens is 182 g/mol. The van der Waals surface area contributed by atoms with Crippen LogP contribution in [0.25, 0.3) is 0 Å². The first kappa shape index (κ1) is 13.0. The van der Waals surface area contributed by atoms with Crippen LogP contribution in [0.1, 0.15) is 59.8 Å². The molecule has 1 fully saturated rings. The van der Waals surface area contributed by atoms with Gasteiger partial charge in [0.25, 0.3) is 0 Å². The summed E-state index contributed by atoms with van der Waals surface area (Å²) in [4.78, 5) is 0. The van der Waals surface area contributed by atoms with Gasteiger partial charge in [-0.15, -0.1) is 0 Å². The van der Waals surface area contributed by atoms with Crippen molar-refractivity contribution < 1.29 is 0 Å². The van der Waals surface area contributed by atoms with E-state index in [2.05, 4.69) is 33.0 Å². The molecule has 1 nitrogen and oxygen atoms in total. The van der Waals surface area contributed by atoms with Crippen molar-refractivity contribution in [3.05, 3.63) is 0 Å². The Kier molecular flexibility index (Phi) is 5.66. The predicted molar refractivity (Wildman–Crippen MR) is 68.0 cm³/mol. The van der Waals surface area contributed by atoms with Gasteiger partial charge >= 0.3 is 0 Å². The zero-order valence-corrected chi connectivity index (χ0v) is 11.1. The van der Waals surface area contributed by atoms with Crippen LogP contribution in [0, 0.1) is 17.8 Å². The second-order valence-corrected chi connectivity index (χ2v) is 5.43. The zero-order chi connectivity index (χ0) is 11.3. The summed E-state index contributed by atoms with van der Waals surface area (Å²) >= 11 is 0. The number of nitrogens with one attached hydrogen (secondary N) is 1. The van der Waals surface area contributed by atoms with Gasteiger partial charge in [0.2, 0.25) is 0 Å². The molecule has 0 aromatic heterocycles. The van der Waals surface area contributed by atoms with Crippen molar-refractivity contribution in [2.45, 2.75) is 65.8 Å². The van der Waals surface area contributed by atoms with E-state index in [9.17, 15) is 0 Å². The topological polar surface area (TPSA) is 12.0 Å². The molecule has 0 aliphatic heterocycles. The normalized spacial score (nSPS) is 29.4. The third-order valence-electron chi connectivity index (χ3n) is 4.15. The van der Waals surface area contributed by atoms with Crippen LogP contribution in [0.2, 0.25) is 0 Å². The molecule has 1 aliphatic carbocycles. The van der Waals surface area contributed by atoms with Gasteiger partial charge in [-0.2, -0.15) is 0 Å². The minimum atomic E-state index is 0.766. The van der Waals surface area contributed by atoms with Gasteiger partial charge in [0.1, 0.15) is 0 Å². The highest BCUT2D eigenvalue weighted by atomic mass is 14.9. The third kappa shape index (κ3) is 3.48. The molecule has 3 atom stereocenters. The van der Waals surface area contributed by atoms with Crippen LogP contribution in [0.3, 0.4) is 0 Å². The van der Waals surface area contributed by atoms with Crippen molar-refractivity contribution in [2.75, 3.05) is 6.54 Å². The minimum absolute atomic E-state index is 0.766. The summed E-state index contributed by atoms with van der Waals surface area (Å²) in [7, 11) is 0. The summed E-state index contributed by atoms with van der Waals surface area (Å²) in [6.45, 7) is 10.5. The summed E-state index contributed by atoms with van der Waals surface area (Å²) in [5, 5.41) is 3.69. The summed E-state index contributed by atoms with van der Waals surface area (Å²) in [6, 6.07) is 0.766. The molecule has 0 bridgehead atoms. The van der Waals surface area contributed by atoms with Crippen molar-refractivity contribution in [3.63, 3.8) is 0 Å². The molecule has 0 heterocycles. The average Bonchev–Trinajstić information content (AvgIpc) is 2.26. The van der Waals surface area contributed by atoms with E-state index >= 15 is 0 Å². The maximum atomic E-state index is 3.69.